The first-order valence-electron chi connectivity index (χ1n) is 7.95. The smallest absolute Gasteiger partial charge is 0.184 e. The van der Waals surface area contributed by atoms with Crippen molar-refractivity contribution >= 4 is 0 Å². The van der Waals surface area contributed by atoms with Gasteiger partial charge in [0, 0.05) is 13.7 Å². The summed E-state index contributed by atoms with van der Waals surface area (Å²) in [4.78, 5) is 0. The third-order valence-electron chi connectivity index (χ3n) is 3.82. The first kappa shape index (κ1) is 18.3. The van der Waals surface area contributed by atoms with Crippen LogP contribution >= 0.6 is 0 Å². The molecule has 0 aliphatic carbocycles. The lowest BCUT2D eigenvalue weighted by atomic mass is 9.99. The third-order valence-corrected chi connectivity index (χ3v) is 3.82. The van der Waals surface area contributed by atoms with Gasteiger partial charge in [-0.2, -0.15) is 0 Å². The van der Waals surface area contributed by atoms with Gasteiger partial charge in [0.2, 0.25) is 0 Å². The fourth-order valence-corrected chi connectivity index (χ4v) is 2.60. The van der Waals surface area contributed by atoms with Crippen molar-refractivity contribution in [2.24, 2.45) is 0 Å². The van der Waals surface area contributed by atoms with E-state index in [0.717, 1.165) is 12.0 Å². The lowest BCUT2D eigenvalue weighted by Crippen LogP contribution is -2.60. The Kier molecular flexibility index (Phi) is 7.42. The number of hydrogen-bond acceptors (Lipinski definition) is 6. The summed E-state index contributed by atoms with van der Waals surface area (Å²) in [5, 5.41) is 20.6. The minimum absolute atomic E-state index is 0.206. The van der Waals surface area contributed by atoms with Gasteiger partial charge in [-0.1, -0.05) is 37.3 Å². The van der Waals surface area contributed by atoms with Crippen LogP contribution in [-0.4, -0.2) is 61.2 Å². The topological polar surface area (TPSA) is 77.4 Å². The Hall–Kier alpha value is -1.02. The van der Waals surface area contributed by atoms with E-state index in [-0.39, 0.29) is 6.61 Å². The fourth-order valence-electron chi connectivity index (χ4n) is 2.60. The summed E-state index contributed by atoms with van der Waals surface area (Å²) in [5.41, 5.74) is 0.970. The first-order valence-corrected chi connectivity index (χ1v) is 7.95. The SMILES string of the molecule is CCCOCC1O[C@H](O)C(OCc2ccccc2)[C@@H](OC)[C@@H]1O. The third kappa shape index (κ3) is 4.97. The van der Waals surface area contributed by atoms with Gasteiger partial charge in [0.05, 0.1) is 13.2 Å². The van der Waals surface area contributed by atoms with Crippen LogP contribution in [0.25, 0.3) is 0 Å². The van der Waals surface area contributed by atoms with Crippen LogP contribution in [0.15, 0.2) is 30.3 Å². The zero-order valence-corrected chi connectivity index (χ0v) is 13.6. The summed E-state index contributed by atoms with van der Waals surface area (Å²) in [6.07, 6.45) is -3.32. The van der Waals surface area contributed by atoms with Crippen molar-refractivity contribution < 1.29 is 29.2 Å². The minimum Gasteiger partial charge on any atom is -0.387 e. The second-order valence-corrected chi connectivity index (χ2v) is 5.59. The van der Waals surface area contributed by atoms with Crippen molar-refractivity contribution in [3.63, 3.8) is 0 Å². The maximum Gasteiger partial charge on any atom is 0.184 e. The summed E-state index contributed by atoms with van der Waals surface area (Å²) < 4.78 is 21.9. The van der Waals surface area contributed by atoms with Crippen LogP contribution in [0, 0.1) is 0 Å². The highest BCUT2D eigenvalue weighted by Crippen LogP contribution is 2.25. The van der Waals surface area contributed by atoms with Gasteiger partial charge >= 0.3 is 0 Å². The van der Waals surface area contributed by atoms with E-state index >= 15 is 0 Å². The van der Waals surface area contributed by atoms with E-state index in [2.05, 4.69) is 0 Å². The van der Waals surface area contributed by atoms with Crippen molar-refractivity contribution in [3.8, 4) is 0 Å². The van der Waals surface area contributed by atoms with Crippen LogP contribution in [0.1, 0.15) is 18.9 Å². The highest BCUT2D eigenvalue weighted by molar-refractivity contribution is 5.13. The van der Waals surface area contributed by atoms with Crippen LogP contribution in [0.2, 0.25) is 0 Å². The maximum absolute atomic E-state index is 10.4. The zero-order valence-electron chi connectivity index (χ0n) is 13.6. The van der Waals surface area contributed by atoms with Crippen LogP contribution in [0.5, 0.6) is 0 Å². The molecule has 0 saturated carbocycles. The molecule has 1 aromatic carbocycles. The van der Waals surface area contributed by atoms with Gasteiger partial charge in [-0.25, -0.2) is 0 Å². The highest BCUT2D eigenvalue weighted by atomic mass is 16.7. The van der Waals surface area contributed by atoms with Crippen molar-refractivity contribution in [2.45, 2.75) is 50.7 Å². The Morgan fingerprint density at radius 1 is 1.13 bits per heavy atom. The van der Waals surface area contributed by atoms with E-state index in [4.69, 9.17) is 18.9 Å². The van der Waals surface area contributed by atoms with Crippen LogP contribution < -0.4 is 0 Å². The van der Waals surface area contributed by atoms with Crippen molar-refractivity contribution in [2.75, 3.05) is 20.3 Å². The monoisotopic (exact) mass is 326 g/mol. The molecule has 1 fully saturated rings. The van der Waals surface area contributed by atoms with E-state index in [1.54, 1.807) is 0 Å². The fraction of sp³-hybridized carbons (Fsp3) is 0.647. The Bertz CT molecular complexity index is 440. The molecule has 5 atom stereocenters. The Morgan fingerprint density at radius 2 is 1.87 bits per heavy atom. The first-order chi connectivity index (χ1) is 11.2. The molecule has 0 bridgehead atoms. The summed E-state index contributed by atoms with van der Waals surface area (Å²) in [7, 11) is 1.48. The Balaban J connectivity index is 1.94. The lowest BCUT2D eigenvalue weighted by molar-refractivity contribution is -0.304. The zero-order chi connectivity index (χ0) is 16.7. The van der Waals surface area contributed by atoms with E-state index < -0.39 is 30.7 Å². The van der Waals surface area contributed by atoms with Crippen LogP contribution in [-0.2, 0) is 25.6 Å². The molecule has 6 heteroatoms. The Labute approximate surface area is 136 Å². The van der Waals surface area contributed by atoms with E-state index in [1.165, 1.54) is 7.11 Å². The van der Waals surface area contributed by atoms with E-state index in [0.29, 0.717) is 13.2 Å². The van der Waals surface area contributed by atoms with E-state index in [9.17, 15) is 10.2 Å². The van der Waals surface area contributed by atoms with Gasteiger partial charge in [-0.15, -0.1) is 0 Å². The molecule has 130 valence electrons. The molecule has 23 heavy (non-hydrogen) atoms. The standard InChI is InChI=1S/C17H26O6/c1-3-9-21-11-13-14(18)15(20-2)16(17(19)23-13)22-10-12-7-5-4-6-8-12/h4-8,13-19H,3,9-11H2,1-2H3/t13?,14-,15+,16?,17+/m1/s1. The summed E-state index contributed by atoms with van der Waals surface area (Å²) in [5.74, 6) is 0. The number of aliphatic hydroxyl groups excluding tert-OH is 2. The van der Waals surface area contributed by atoms with Gasteiger partial charge in [0.25, 0.3) is 0 Å². The van der Waals surface area contributed by atoms with E-state index in [1.807, 2.05) is 37.3 Å². The molecule has 1 aliphatic rings. The number of methoxy groups -OCH3 is 1. The van der Waals surface area contributed by atoms with Crippen molar-refractivity contribution in [3.05, 3.63) is 35.9 Å². The molecule has 0 radical (unpaired) electrons. The summed E-state index contributed by atoms with van der Waals surface area (Å²) in [6, 6.07) is 9.60. The van der Waals surface area contributed by atoms with Gasteiger partial charge in [0.15, 0.2) is 6.29 Å². The van der Waals surface area contributed by atoms with Gasteiger partial charge in [-0.05, 0) is 12.0 Å². The maximum atomic E-state index is 10.4. The summed E-state index contributed by atoms with van der Waals surface area (Å²) >= 11 is 0. The molecule has 2 unspecified atom stereocenters. The number of rotatable bonds is 8. The Morgan fingerprint density at radius 3 is 2.52 bits per heavy atom. The molecular formula is C17H26O6. The van der Waals surface area contributed by atoms with Crippen molar-refractivity contribution in [1.82, 2.24) is 0 Å². The normalized spacial score (nSPS) is 31.2. The van der Waals surface area contributed by atoms with Crippen LogP contribution in [0.3, 0.4) is 0 Å². The molecule has 0 amide bonds. The molecule has 6 nitrogen and oxygen atoms in total. The van der Waals surface area contributed by atoms with Crippen LogP contribution in [0.4, 0.5) is 0 Å². The summed E-state index contributed by atoms with van der Waals surface area (Å²) in [6.45, 7) is 3.08. The average Bonchev–Trinajstić information content (AvgIpc) is 2.57. The molecule has 2 N–H and O–H groups in total. The molecule has 1 aromatic rings. The highest BCUT2D eigenvalue weighted by Gasteiger charge is 2.45. The van der Waals surface area contributed by atoms with Crippen molar-refractivity contribution in [1.29, 1.82) is 0 Å². The number of ether oxygens (including phenoxy) is 4. The average molecular weight is 326 g/mol. The molecule has 0 aromatic heterocycles. The predicted molar refractivity (Wildman–Crippen MR) is 83.8 cm³/mol. The largest absolute Gasteiger partial charge is 0.387 e. The second-order valence-electron chi connectivity index (χ2n) is 5.59. The number of hydrogen-bond donors (Lipinski definition) is 2. The second kappa shape index (κ2) is 9.32. The molecule has 1 heterocycles. The quantitative estimate of drug-likeness (QED) is 0.697. The van der Waals surface area contributed by atoms with Gasteiger partial charge in [0.1, 0.15) is 24.4 Å². The molecule has 1 saturated heterocycles. The molecule has 1 aliphatic heterocycles. The minimum atomic E-state index is -1.18. The van der Waals surface area contributed by atoms with Gasteiger partial charge in [-0.3, -0.25) is 0 Å². The van der Waals surface area contributed by atoms with Gasteiger partial charge < -0.3 is 29.2 Å². The lowest BCUT2D eigenvalue weighted by Gasteiger charge is -2.41. The number of benzene rings is 1. The molecule has 0 spiro atoms. The molecular weight excluding hydrogens is 300 g/mol. The molecule has 2 rings (SSSR count). The number of aliphatic hydroxyl groups is 2. The predicted octanol–water partition coefficient (Wildman–Crippen LogP) is 1.09.